The van der Waals surface area contributed by atoms with Crippen LogP contribution in [-0.2, 0) is 17.4 Å². The molecule has 2 aromatic rings. The lowest BCUT2D eigenvalue weighted by molar-refractivity contribution is -0.137. The van der Waals surface area contributed by atoms with Gasteiger partial charge in [-0.05, 0) is 12.1 Å². The van der Waals surface area contributed by atoms with E-state index in [9.17, 15) is 30.9 Å². The van der Waals surface area contributed by atoms with Crippen molar-refractivity contribution in [2.75, 3.05) is 11.9 Å². The number of alkyl halides is 6. The van der Waals surface area contributed by atoms with Gasteiger partial charge in [0.05, 0.1) is 15.6 Å². The predicted octanol–water partition coefficient (Wildman–Crippen LogP) is 5.99. The number of anilines is 1. The molecule has 0 spiro atoms. The molecule has 1 heterocycles. The summed E-state index contributed by atoms with van der Waals surface area (Å²) in [6.07, 6.45) is -2.78. The Bertz CT molecular complexity index is 861. The second kappa shape index (κ2) is 8.62. The average molecular weight is 487 g/mol. The molecule has 0 aliphatic rings. The van der Waals surface area contributed by atoms with Crippen molar-refractivity contribution in [3.05, 3.63) is 45.5 Å². The maximum atomic E-state index is 12.9. The molecule has 0 saturated heterocycles. The van der Waals surface area contributed by atoms with Crippen molar-refractivity contribution in [3.8, 4) is 5.69 Å². The van der Waals surface area contributed by atoms with Gasteiger partial charge in [0.2, 0.25) is 4.90 Å². The number of benzene rings is 1. The fraction of sp³-hybridized carbons (Fsp3) is 0.214. The topological polar surface area (TPSA) is 52.9 Å². The first kappa shape index (κ1) is 23.0. The smallest absolute Gasteiger partial charge is 0.578 e. The Morgan fingerprint density at radius 3 is 2.18 bits per heavy atom. The van der Waals surface area contributed by atoms with Crippen LogP contribution in [-0.4, -0.2) is 26.4 Å². The van der Waals surface area contributed by atoms with Crippen molar-refractivity contribution < 1.29 is 30.9 Å². The minimum absolute atomic E-state index is 0.104. The molecule has 1 atom stereocenters. The molecule has 28 heavy (non-hydrogen) atoms. The van der Waals surface area contributed by atoms with E-state index in [1.165, 1.54) is 6.08 Å². The minimum Gasteiger partial charge on any atom is -0.604 e. The lowest BCUT2D eigenvalue weighted by Crippen LogP contribution is -2.24. The summed E-state index contributed by atoms with van der Waals surface area (Å²) in [6, 6.07) is 1.10. The summed E-state index contributed by atoms with van der Waals surface area (Å²) in [5, 5.41) is 5.13. The van der Waals surface area contributed by atoms with E-state index in [4.69, 9.17) is 34.8 Å². The van der Waals surface area contributed by atoms with Gasteiger partial charge in [-0.3, -0.25) is 0 Å². The van der Waals surface area contributed by atoms with E-state index in [0.717, 1.165) is 10.2 Å². The molecule has 0 bridgehead atoms. The van der Waals surface area contributed by atoms with Gasteiger partial charge in [0.25, 0.3) is 0 Å². The Morgan fingerprint density at radius 1 is 1.14 bits per heavy atom. The fourth-order valence-electron chi connectivity index (χ4n) is 2.06. The lowest BCUT2D eigenvalue weighted by atomic mass is 10.2. The van der Waals surface area contributed by atoms with E-state index in [1.807, 2.05) is 0 Å². The quantitative estimate of drug-likeness (QED) is 0.417. The van der Waals surface area contributed by atoms with Gasteiger partial charge in [0, 0.05) is 12.1 Å². The molecular formula is C14H8Cl3F6N3OS. The molecule has 1 aromatic heterocycles. The SMILES string of the molecule is [O-][S+](c1cnn(-c2c(Cl)cc(C(F)(F)F)cc2Cl)c1NC/C=C/Cl)C(F)(F)F. The highest BCUT2D eigenvalue weighted by atomic mass is 35.5. The van der Waals surface area contributed by atoms with Crippen molar-refractivity contribution in [1.29, 1.82) is 0 Å². The van der Waals surface area contributed by atoms with Gasteiger partial charge >= 0.3 is 11.7 Å². The molecule has 1 N–H and O–H groups in total. The highest BCUT2D eigenvalue weighted by Gasteiger charge is 2.48. The van der Waals surface area contributed by atoms with E-state index in [1.54, 1.807) is 0 Å². The number of hydrogen-bond acceptors (Lipinski definition) is 3. The predicted molar refractivity (Wildman–Crippen MR) is 94.5 cm³/mol. The molecule has 1 unspecified atom stereocenters. The Morgan fingerprint density at radius 2 is 1.71 bits per heavy atom. The van der Waals surface area contributed by atoms with Crippen LogP contribution in [0.1, 0.15) is 5.56 Å². The zero-order valence-corrected chi connectivity index (χ0v) is 16.3. The third-order valence-electron chi connectivity index (χ3n) is 3.18. The molecule has 4 nitrogen and oxygen atoms in total. The molecule has 2 rings (SSSR count). The summed E-state index contributed by atoms with van der Waals surface area (Å²) < 4.78 is 89.7. The number of halogens is 9. The van der Waals surface area contributed by atoms with Gasteiger partial charge in [-0.25, -0.2) is 4.68 Å². The van der Waals surface area contributed by atoms with Gasteiger partial charge in [-0.15, -0.1) is 13.2 Å². The van der Waals surface area contributed by atoms with Gasteiger partial charge < -0.3 is 9.87 Å². The van der Waals surface area contributed by atoms with Crippen molar-refractivity contribution >= 4 is 51.8 Å². The Hall–Kier alpha value is -1.27. The van der Waals surface area contributed by atoms with Crippen LogP contribution in [0, 0.1) is 0 Å². The number of nitrogens with zero attached hydrogens (tertiary/aromatic N) is 2. The van der Waals surface area contributed by atoms with Crippen LogP contribution < -0.4 is 5.32 Å². The standard InChI is InChI=1S/C14H8Cl3F6N3OS/c15-2-1-3-24-12-10(28(27)14(21,22)23)6-25-26(12)11-8(16)4-7(5-9(11)17)13(18,19)20/h1-2,4-6,24H,3H2/b2-1+. The van der Waals surface area contributed by atoms with E-state index in [-0.39, 0.29) is 12.2 Å². The van der Waals surface area contributed by atoms with Crippen molar-refractivity contribution in [2.24, 2.45) is 0 Å². The van der Waals surface area contributed by atoms with Crippen LogP contribution in [0.4, 0.5) is 32.2 Å². The van der Waals surface area contributed by atoms with E-state index < -0.39 is 49.2 Å². The lowest BCUT2D eigenvalue weighted by Gasteiger charge is -2.16. The Kier molecular flexibility index (Phi) is 7.08. The normalized spacial score (nSPS) is 13.9. The zero-order valence-electron chi connectivity index (χ0n) is 13.2. The molecule has 0 aliphatic carbocycles. The zero-order chi connectivity index (χ0) is 21.3. The second-order valence-corrected chi connectivity index (χ2v) is 7.52. The Labute approximate surface area is 172 Å². The van der Waals surface area contributed by atoms with Crippen LogP contribution in [0.3, 0.4) is 0 Å². The summed E-state index contributed by atoms with van der Waals surface area (Å²) in [4.78, 5) is -0.762. The van der Waals surface area contributed by atoms with E-state index >= 15 is 0 Å². The fourth-order valence-corrected chi connectivity index (χ4v) is 3.52. The first-order chi connectivity index (χ1) is 12.9. The largest absolute Gasteiger partial charge is 0.604 e. The molecule has 0 saturated carbocycles. The van der Waals surface area contributed by atoms with Gasteiger partial charge in [0.15, 0.2) is 5.82 Å². The summed E-state index contributed by atoms with van der Waals surface area (Å²) in [5.41, 5.74) is -5.50. The van der Waals surface area contributed by atoms with Crippen LogP contribution >= 0.6 is 34.8 Å². The van der Waals surface area contributed by atoms with E-state index in [2.05, 4.69) is 10.4 Å². The summed E-state index contributed by atoms with van der Waals surface area (Å²) in [5.74, 6) is -0.422. The third-order valence-corrected chi connectivity index (χ3v) is 5.05. The van der Waals surface area contributed by atoms with Crippen molar-refractivity contribution in [2.45, 2.75) is 16.6 Å². The van der Waals surface area contributed by atoms with Gasteiger partial charge in [-0.1, -0.05) is 40.9 Å². The number of nitrogens with one attached hydrogen (secondary N) is 1. The molecule has 154 valence electrons. The highest BCUT2D eigenvalue weighted by molar-refractivity contribution is 7.92. The van der Waals surface area contributed by atoms with Crippen LogP contribution in [0.5, 0.6) is 0 Å². The molecular weight excluding hydrogens is 479 g/mol. The second-order valence-electron chi connectivity index (χ2n) is 5.01. The third kappa shape index (κ3) is 5.01. The monoisotopic (exact) mass is 485 g/mol. The molecule has 0 aliphatic heterocycles. The van der Waals surface area contributed by atoms with Crippen LogP contribution in [0.25, 0.3) is 5.69 Å². The first-order valence-corrected chi connectivity index (χ1v) is 9.34. The average Bonchev–Trinajstić information content (AvgIpc) is 2.95. The molecule has 0 fully saturated rings. The molecule has 1 aromatic carbocycles. The van der Waals surface area contributed by atoms with Gasteiger partial charge in [-0.2, -0.15) is 18.3 Å². The molecule has 14 heteroatoms. The maximum absolute atomic E-state index is 12.9. The number of aromatic nitrogens is 2. The minimum atomic E-state index is -5.10. The van der Waals surface area contributed by atoms with Crippen LogP contribution in [0.2, 0.25) is 10.0 Å². The first-order valence-electron chi connectivity index (χ1n) is 7.00. The summed E-state index contributed by atoms with van der Waals surface area (Å²) in [7, 11) is 0. The number of rotatable bonds is 5. The molecule has 0 amide bonds. The van der Waals surface area contributed by atoms with Crippen LogP contribution in [0.15, 0.2) is 34.8 Å². The number of hydrogen-bond donors (Lipinski definition) is 1. The van der Waals surface area contributed by atoms with Gasteiger partial charge in [0.1, 0.15) is 23.1 Å². The Balaban J connectivity index is 2.64. The summed E-state index contributed by atoms with van der Waals surface area (Å²) >= 11 is 13.6. The van der Waals surface area contributed by atoms with Crippen molar-refractivity contribution in [3.63, 3.8) is 0 Å². The highest BCUT2D eigenvalue weighted by Crippen LogP contribution is 2.40. The maximum Gasteiger partial charge on any atom is 0.578 e. The van der Waals surface area contributed by atoms with E-state index in [0.29, 0.717) is 18.3 Å². The summed E-state index contributed by atoms with van der Waals surface area (Å²) in [6.45, 7) is -0.104. The van der Waals surface area contributed by atoms with Crippen molar-refractivity contribution in [1.82, 2.24) is 9.78 Å². The molecule has 0 radical (unpaired) electrons.